The van der Waals surface area contributed by atoms with Gasteiger partial charge >= 0.3 is 0 Å². The number of phenolic OH excluding ortho intramolecular Hbond substituents is 1. The Labute approximate surface area is 128 Å². The summed E-state index contributed by atoms with van der Waals surface area (Å²) in [6.07, 6.45) is 1.58. The van der Waals surface area contributed by atoms with E-state index in [4.69, 9.17) is 11.6 Å². The molecule has 3 nitrogen and oxygen atoms in total. The number of ketones is 1. The second kappa shape index (κ2) is 6.10. The molecule has 1 N–H and O–H groups in total. The predicted octanol–water partition coefficient (Wildman–Crippen LogP) is 4.62. The van der Waals surface area contributed by atoms with Gasteiger partial charge in [-0.2, -0.15) is 0 Å². The van der Waals surface area contributed by atoms with Crippen LogP contribution in [0.4, 0.5) is 5.69 Å². The van der Waals surface area contributed by atoms with E-state index >= 15 is 0 Å². The molecule has 21 heavy (non-hydrogen) atoms. The molecular formula is C17H16ClNO2. The molecule has 0 aromatic heterocycles. The number of carbonyl (C=O) groups is 1. The third-order valence-corrected chi connectivity index (χ3v) is 3.91. The molecule has 0 aliphatic heterocycles. The lowest BCUT2D eigenvalue weighted by Crippen LogP contribution is -1.92. The van der Waals surface area contributed by atoms with E-state index in [9.17, 15) is 9.90 Å². The van der Waals surface area contributed by atoms with Crippen molar-refractivity contribution in [2.75, 3.05) is 0 Å². The zero-order valence-electron chi connectivity index (χ0n) is 12.1. The molecule has 2 rings (SSSR count). The molecular weight excluding hydrogens is 286 g/mol. The lowest BCUT2D eigenvalue weighted by Gasteiger charge is -2.08. The van der Waals surface area contributed by atoms with Gasteiger partial charge in [-0.15, -0.1) is 0 Å². The SMILES string of the molecule is CC(=O)c1ccc(N=Cc2c(O)cc(C)c(Cl)c2C)cc1. The van der Waals surface area contributed by atoms with Gasteiger partial charge in [-0.3, -0.25) is 9.79 Å². The number of hydrogen-bond donors (Lipinski definition) is 1. The van der Waals surface area contributed by atoms with Gasteiger partial charge in [0.1, 0.15) is 5.75 Å². The summed E-state index contributed by atoms with van der Waals surface area (Å²) in [5, 5.41) is 10.6. The third kappa shape index (κ3) is 3.31. The highest BCUT2D eigenvalue weighted by atomic mass is 35.5. The topological polar surface area (TPSA) is 49.7 Å². The molecule has 4 heteroatoms. The minimum atomic E-state index is 0.0179. The number of halogens is 1. The van der Waals surface area contributed by atoms with Crippen molar-refractivity contribution in [1.29, 1.82) is 0 Å². The summed E-state index contributed by atoms with van der Waals surface area (Å²) in [6.45, 7) is 5.21. The van der Waals surface area contributed by atoms with Crippen LogP contribution in [-0.4, -0.2) is 17.1 Å². The van der Waals surface area contributed by atoms with E-state index in [2.05, 4.69) is 4.99 Å². The first kappa shape index (κ1) is 15.3. The second-order valence-electron chi connectivity index (χ2n) is 4.93. The van der Waals surface area contributed by atoms with Gasteiger partial charge in [0.05, 0.1) is 5.69 Å². The summed E-state index contributed by atoms with van der Waals surface area (Å²) in [4.78, 5) is 15.5. The zero-order valence-corrected chi connectivity index (χ0v) is 12.9. The van der Waals surface area contributed by atoms with Crippen LogP contribution in [0.3, 0.4) is 0 Å². The first-order chi connectivity index (χ1) is 9.90. The fourth-order valence-electron chi connectivity index (χ4n) is 2.04. The largest absolute Gasteiger partial charge is 0.507 e. The molecule has 0 bridgehead atoms. The highest BCUT2D eigenvalue weighted by Crippen LogP contribution is 2.30. The number of rotatable bonds is 3. The summed E-state index contributed by atoms with van der Waals surface area (Å²) in [5.74, 6) is 0.169. The van der Waals surface area contributed by atoms with Crippen molar-refractivity contribution < 1.29 is 9.90 Å². The third-order valence-electron chi connectivity index (χ3n) is 3.33. The number of carbonyl (C=O) groups excluding carboxylic acids is 1. The normalized spacial score (nSPS) is 11.0. The van der Waals surface area contributed by atoms with Crippen LogP contribution in [0.2, 0.25) is 5.02 Å². The molecule has 0 fully saturated rings. The van der Waals surface area contributed by atoms with Crippen LogP contribution in [-0.2, 0) is 0 Å². The van der Waals surface area contributed by atoms with Gasteiger partial charge in [-0.05, 0) is 62.2 Å². The van der Waals surface area contributed by atoms with Crippen LogP contribution in [0.5, 0.6) is 5.75 Å². The number of aliphatic imine (C=N–C) groups is 1. The summed E-state index contributed by atoms with van der Waals surface area (Å²) >= 11 is 6.18. The smallest absolute Gasteiger partial charge is 0.159 e. The monoisotopic (exact) mass is 301 g/mol. The van der Waals surface area contributed by atoms with E-state index in [1.165, 1.54) is 6.92 Å². The van der Waals surface area contributed by atoms with E-state index in [1.54, 1.807) is 36.5 Å². The van der Waals surface area contributed by atoms with Crippen molar-refractivity contribution in [3.05, 3.63) is 57.6 Å². The maximum Gasteiger partial charge on any atom is 0.159 e. The summed E-state index contributed by atoms with van der Waals surface area (Å²) in [6, 6.07) is 8.59. The number of Topliss-reactive ketones (excluding diaryl/α,β-unsaturated/α-hetero) is 1. The van der Waals surface area contributed by atoms with Gasteiger partial charge in [0.15, 0.2) is 5.78 Å². The van der Waals surface area contributed by atoms with Crippen molar-refractivity contribution in [2.24, 2.45) is 4.99 Å². The number of phenols is 1. The van der Waals surface area contributed by atoms with Crippen molar-refractivity contribution in [1.82, 2.24) is 0 Å². The van der Waals surface area contributed by atoms with Crippen molar-refractivity contribution in [3.63, 3.8) is 0 Å². The first-order valence-corrected chi connectivity index (χ1v) is 6.91. The van der Waals surface area contributed by atoms with Crippen LogP contribution < -0.4 is 0 Å². The summed E-state index contributed by atoms with van der Waals surface area (Å²) in [5.41, 5.74) is 3.57. The van der Waals surface area contributed by atoms with Gasteiger partial charge in [-0.1, -0.05) is 11.6 Å². The van der Waals surface area contributed by atoms with Crippen LogP contribution >= 0.6 is 11.6 Å². The van der Waals surface area contributed by atoms with Crippen LogP contribution in [0.25, 0.3) is 0 Å². The van der Waals surface area contributed by atoms with Gasteiger partial charge in [0.2, 0.25) is 0 Å². The molecule has 0 unspecified atom stereocenters. The standard InChI is InChI=1S/C17H16ClNO2/c1-10-8-16(21)15(11(2)17(10)18)9-19-14-6-4-13(5-7-14)12(3)20/h4-9,21H,1-3H3. The summed E-state index contributed by atoms with van der Waals surface area (Å²) < 4.78 is 0. The van der Waals surface area contributed by atoms with E-state index in [0.29, 0.717) is 21.8 Å². The van der Waals surface area contributed by atoms with E-state index in [1.807, 2.05) is 13.8 Å². The molecule has 2 aromatic rings. The number of aromatic hydroxyl groups is 1. The predicted molar refractivity (Wildman–Crippen MR) is 86.3 cm³/mol. The van der Waals surface area contributed by atoms with E-state index in [-0.39, 0.29) is 11.5 Å². The highest BCUT2D eigenvalue weighted by molar-refractivity contribution is 6.32. The Bertz CT molecular complexity index is 719. The minimum Gasteiger partial charge on any atom is -0.507 e. The van der Waals surface area contributed by atoms with Crippen LogP contribution in [0.15, 0.2) is 35.3 Å². The van der Waals surface area contributed by atoms with Crippen molar-refractivity contribution in [2.45, 2.75) is 20.8 Å². The molecule has 0 heterocycles. The van der Waals surface area contributed by atoms with Gasteiger partial charge in [0.25, 0.3) is 0 Å². The van der Waals surface area contributed by atoms with Crippen molar-refractivity contribution >= 4 is 29.3 Å². The molecule has 0 spiro atoms. The van der Waals surface area contributed by atoms with Gasteiger partial charge in [0, 0.05) is 22.4 Å². The Balaban J connectivity index is 2.33. The Morgan fingerprint density at radius 2 is 1.86 bits per heavy atom. The van der Waals surface area contributed by atoms with E-state index < -0.39 is 0 Å². The Morgan fingerprint density at radius 1 is 1.24 bits per heavy atom. The molecule has 2 aromatic carbocycles. The quantitative estimate of drug-likeness (QED) is 0.664. The molecule has 0 radical (unpaired) electrons. The highest BCUT2D eigenvalue weighted by Gasteiger charge is 2.09. The molecule has 0 aliphatic rings. The second-order valence-corrected chi connectivity index (χ2v) is 5.30. The fraction of sp³-hybridized carbons (Fsp3) is 0.176. The molecule has 108 valence electrons. The molecule has 0 amide bonds. The van der Waals surface area contributed by atoms with Gasteiger partial charge in [-0.25, -0.2) is 0 Å². The van der Waals surface area contributed by atoms with Crippen LogP contribution in [0, 0.1) is 13.8 Å². The molecule has 0 atom stereocenters. The summed E-state index contributed by atoms with van der Waals surface area (Å²) in [7, 11) is 0. The minimum absolute atomic E-state index is 0.0179. The zero-order chi connectivity index (χ0) is 15.6. The lowest BCUT2D eigenvalue weighted by molar-refractivity contribution is 0.101. The van der Waals surface area contributed by atoms with Crippen molar-refractivity contribution in [3.8, 4) is 5.75 Å². The molecule has 0 saturated heterocycles. The Morgan fingerprint density at radius 3 is 2.43 bits per heavy atom. The number of aryl methyl sites for hydroxylation is 1. The first-order valence-electron chi connectivity index (χ1n) is 6.54. The Kier molecular flexibility index (Phi) is 4.43. The van der Waals surface area contributed by atoms with E-state index in [0.717, 1.165) is 11.1 Å². The van der Waals surface area contributed by atoms with Crippen LogP contribution in [0.1, 0.15) is 34.0 Å². The number of benzene rings is 2. The lowest BCUT2D eigenvalue weighted by atomic mass is 10.0. The Hall–Kier alpha value is -2.13. The maximum atomic E-state index is 11.2. The average molecular weight is 302 g/mol. The fourth-order valence-corrected chi connectivity index (χ4v) is 2.19. The van der Waals surface area contributed by atoms with Gasteiger partial charge < -0.3 is 5.11 Å². The average Bonchev–Trinajstić information content (AvgIpc) is 2.45. The molecule has 0 aliphatic carbocycles. The maximum absolute atomic E-state index is 11.2. The molecule has 0 saturated carbocycles. The number of nitrogens with zero attached hydrogens (tertiary/aromatic N) is 1. The number of hydrogen-bond acceptors (Lipinski definition) is 3.